The summed E-state index contributed by atoms with van der Waals surface area (Å²) in [4.78, 5) is 42.3. The Morgan fingerprint density at radius 3 is 2.25 bits per heavy atom. The number of halogens is 1. The van der Waals surface area contributed by atoms with Crippen molar-refractivity contribution in [1.29, 1.82) is 0 Å². The fourth-order valence-electron chi connectivity index (χ4n) is 5.67. The Hall–Kier alpha value is -2.70. The van der Waals surface area contributed by atoms with Crippen LogP contribution in [-0.4, -0.2) is 28.9 Å². The molecule has 2 aromatic carbocycles. The zero-order valence-electron chi connectivity index (χ0n) is 18.2. The Morgan fingerprint density at radius 1 is 1.00 bits per heavy atom. The number of fused-ring (bicyclic) bond motifs is 5. The van der Waals surface area contributed by atoms with Crippen molar-refractivity contribution in [2.75, 3.05) is 4.90 Å². The predicted octanol–water partition coefficient (Wildman–Crippen LogP) is 3.82. The maximum absolute atomic E-state index is 13.8. The van der Waals surface area contributed by atoms with E-state index in [1.807, 2.05) is 18.2 Å². The van der Waals surface area contributed by atoms with E-state index in [2.05, 4.69) is 5.32 Å². The molecule has 1 N–H and O–H groups in total. The lowest BCUT2D eigenvalue weighted by Gasteiger charge is -2.34. The van der Waals surface area contributed by atoms with Crippen LogP contribution in [0.3, 0.4) is 0 Å². The highest BCUT2D eigenvalue weighted by molar-refractivity contribution is 6.30. The number of anilines is 1. The van der Waals surface area contributed by atoms with Gasteiger partial charge >= 0.3 is 5.97 Å². The topological polar surface area (TPSA) is 75.7 Å². The summed E-state index contributed by atoms with van der Waals surface area (Å²) in [5.41, 5.74) is -1.46. The summed E-state index contributed by atoms with van der Waals surface area (Å²) in [6, 6.07) is 16.2. The number of hydrogen-bond acceptors (Lipinski definition) is 5. The van der Waals surface area contributed by atoms with Gasteiger partial charge in [-0.3, -0.25) is 19.7 Å². The van der Waals surface area contributed by atoms with Crippen molar-refractivity contribution in [3.8, 4) is 0 Å². The van der Waals surface area contributed by atoms with Gasteiger partial charge < -0.3 is 4.74 Å². The zero-order valence-corrected chi connectivity index (χ0v) is 19.0. The van der Waals surface area contributed by atoms with Crippen LogP contribution in [0.1, 0.15) is 39.2 Å². The molecule has 0 spiro atoms. The molecule has 3 fully saturated rings. The largest absolute Gasteiger partial charge is 0.459 e. The average molecular weight is 453 g/mol. The van der Waals surface area contributed by atoms with Crippen LogP contribution in [0, 0.1) is 11.8 Å². The summed E-state index contributed by atoms with van der Waals surface area (Å²) in [6.45, 7) is 5.40. The summed E-state index contributed by atoms with van der Waals surface area (Å²) in [5, 5.41) is 4.04. The van der Waals surface area contributed by atoms with Gasteiger partial charge in [0.25, 0.3) is 0 Å². The molecular formula is C25H25ClN2O4. The third-order valence-electron chi connectivity index (χ3n) is 6.86. The number of hydrogen-bond donors (Lipinski definition) is 1. The molecule has 0 aromatic heterocycles. The minimum Gasteiger partial charge on any atom is -0.459 e. The molecule has 7 heteroatoms. The van der Waals surface area contributed by atoms with E-state index in [0.29, 0.717) is 23.6 Å². The molecule has 3 saturated heterocycles. The molecule has 32 heavy (non-hydrogen) atoms. The fourth-order valence-corrected chi connectivity index (χ4v) is 5.80. The number of benzene rings is 2. The monoisotopic (exact) mass is 452 g/mol. The number of carbonyl (C=O) groups excluding carboxylic acids is 3. The van der Waals surface area contributed by atoms with Crippen molar-refractivity contribution in [2.24, 2.45) is 11.8 Å². The normalized spacial score (nSPS) is 31.2. The van der Waals surface area contributed by atoms with E-state index in [4.69, 9.17) is 16.3 Å². The van der Waals surface area contributed by atoms with Gasteiger partial charge in [-0.2, -0.15) is 0 Å². The highest BCUT2D eigenvalue weighted by atomic mass is 35.5. The number of ether oxygens (including phenoxy) is 1. The lowest BCUT2D eigenvalue weighted by atomic mass is 9.65. The lowest BCUT2D eigenvalue weighted by Crippen LogP contribution is -2.56. The van der Waals surface area contributed by atoms with Crippen LogP contribution in [0.2, 0.25) is 5.02 Å². The van der Waals surface area contributed by atoms with Gasteiger partial charge in [-0.1, -0.05) is 41.9 Å². The Morgan fingerprint density at radius 2 is 1.62 bits per heavy atom. The van der Waals surface area contributed by atoms with Crippen LogP contribution in [-0.2, 0) is 24.7 Å². The third kappa shape index (κ3) is 2.86. The summed E-state index contributed by atoms with van der Waals surface area (Å²) >= 11 is 6.11. The highest BCUT2D eigenvalue weighted by Gasteiger charge is 2.77. The molecule has 166 valence electrons. The van der Waals surface area contributed by atoms with Crippen molar-refractivity contribution >= 4 is 35.1 Å². The molecule has 3 aliphatic heterocycles. The maximum atomic E-state index is 13.8. The minimum atomic E-state index is -1.26. The molecule has 0 saturated carbocycles. The molecule has 6 nitrogen and oxygen atoms in total. The Labute approximate surface area is 191 Å². The van der Waals surface area contributed by atoms with Crippen LogP contribution in [0.15, 0.2) is 54.6 Å². The second-order valence-electron chi connectivity index (χ2n) is 9.88. The van der Waals surface area contributed by atoms with Crippen molar-refractivity contribution < 1.29 is 19.1 Å². The van der Waals surface area contributed by atoms with Gasteiger partial charge in [0.15, 0.2) is 0 Å². The Kier molecular flexibility index (Phi) is 4.56. The van der Waals surface area contributed by atoms with E-state index in [1.165, 1.54) is 4.90 Å². The molecule has 2 aromatic rings. The standard InChI is InChI=1S/C25H25ClN2O4/c1-23(2,3)32-22(31)25-14-13-24(27-25,15-9-11-16(26)12-10-15)18-19(25)21(30)28(20(18)29)17-7-5-4-6-8-17/h4-12,18-19,27H,13-14H2,1-3H3. The van der Waals surface area contributed by atoms with E-state index < -0.39 is 34.5 Å². The van der Waals surface area contributed by atoms with Gasteiger partial charge in [0.1, 0.15) is 11.1 Å². The summed E-state index contributed by atoms with van der Waals surface area (Å²) in [7, 11) is 0. The number of nitrogens with one attached hydrogen (secondary N) is 1. The van der Waals surface area contributed by atoms with Crippen LogP contribution in [0.5, 0.6) is 0 Å². The van der Waals surface area contributed by atoms with Gasteiger partial charge in [0.05, 0.1) is 23.1 Å². The molecule has 4 atom stereocenters. The van der Waals surface area contributed by atoms with Crippen molar-refractivity contribution in [2.45, 2.75) is 50.3 Å². The number of rotatable bonds is 3. The van der Waals surface area contributed by atoms with Gasteiger partial charge in [0, 0.05) is 5.02 Å². The SMILES string of the molecule is CC(C)(C)OC(=O)C12CCC(c3ccc(Cl)cc3)(N1)C1C(=O)N(c3ccccc3)C(=O)C12. The first kappa shape index (κ1) is 21.2. The first-order chi connectivity index (χ1) is 15.1. The third-order valence-corrected chi connectivity index (χ3v) is 7.12. The number of imide groups is 1. The van der Waals surface area contributed by atoms with Crippen LogP contribution in [0.25, 0.3) is 0 Å². The average Bonchev–Trinajstić information content (AvgIpc) is 3.36. The van der Waals surface area contributed by atoms with Gasteiger partial charge in [-0.15, -0.1) is 0 Å². The highest BCUT2D eigenvalue weighted by Crippen LogP contribution is 2.61. The van der Waals surface area contributed by atoms with Crippen molar-refractivity contribution in [3.05, 3.63) is 65.2 Å². The number of para-hydroxylation sites is 1. The summed E-state index contributed by atoms with van der Waals surface area (Å²) < 4.78 is 5.77. The van der Waals surface area contributed by atoms with E-state index in [1.54, 1.807) is 57.2 Å². The summed E-state index contributed by atoms with van der Waals surface area (Å²) in [5.74, 6) is -2.68. The van der Waals surface area contributed by atoms with E-state index in [-0.39, 0.29) is 11.8 Å². The smallest absolute Gasteiger partial charge is 0.327 e. The molecule has 3 aliphatic rings. The molecule has 2 bridgehead atoms. The van der Waals surface area contributed by atoms with Gasteiger partial charge in [0.2, 0.25) is 11.8 Å². The quantitative estimate of drug-likeness (QED) is 0.566. The minimum absolute atomic E-state index is 0.293. The number of esters is 1. The molecular weight excluding hydrogens is 428 g/mol. The predicted molar refractivity (Wildman–Crippen MR) is 120 cm³/mol. The number of carbonyl (C=O) groups is 3. The Bertz CT molecular complexity index is 1110. The van der Waals surface area contributed by atoms with Crippen LogP contribution < -0.4 is 10.2 Å². The molecule has 0 radical (unpaired) electrons. The molecule has 5 rings (SSSR count). The lowest BCUT2D eigenvalue weighted by molar-refractivity contribution is -0.165. The first-order valence-corrected chi connectivity index (χ1v) is 11.2. The number of amides is 2. The number of nitrogens with zero attached hydrogens (tertiary/aromatic N) is 1. The van der Waals surface area contributed by atoms with E-state index in [0.717, 1.165) is 5.56 Å². The molecule has 0 aliphatic carbocycles. The van der Waals surface area contributed by atoms with Crippen molar-refractivity contribution in [1.82, 2.24) is 5.32 Å². The molecule has 4 unspecified atom stereocenters. The second-order valence-corrected chi connectivity index (χ2v) is 10.3. The Balaban J connectivity index is 1.66. The van der Waals surface area contributed by atoms with Crippen LogP contribution in [0.4, 0.5) is 5.69 Å². The molecule has 3 heterocycles. The van der Waals surface area contributed by atoms with Gasteiger partial charge in [-0.25, -0.2) is 4.90 Å². The fraction of sp³-hybridized carbons (Fsp3) is 0.400. The zero-order chi connectivity index (χ0) is 22.9. The van der Waals surface area contributed by atoms with E-state index >= 15 is 0 Å². The molecule has 2 amide bonds. The van der Waals surface area contributed by atoms with Crippen molar-refractivity contribution in [3.63, 3.8) is 0 Å². The second kappa shape index (κ2) is 6.90. The maximum Gasteiger partial charge on any atom is 0.327 e. The first-order valence-electron chi connectivity index (χ1n) is 10.8. The van der Waals surface area contributed by atoms with E-state index in [9.17, 15) is 14.4 Å². The summed E-state index contributed by atoms with van der Waals surface area (Å²) in [6.07, 6.45) is 0.948. The van der Waals surface area contributed by atoms with Crippen LogP contribution >= 0.6 is 11.6 Å². The van der Waals surface area contributed by atoms with Gasteiger partial charge in [-0.05, 0) is 63.4 Å².